The molecule has 3 rings (SSSR count). The number of ether oxygens (including phenoxy) is 1. The molecule has 0 N–H and O–H groups in total. The summed E-state index contributed by atoms with van der Waals surface area (Å²) in [5, 5.41) is 0. The number of carbonyl (C=O) groups is 1. The number of hydrogen-bond acceptors (Lipinski definition) is 4. The molecule has 0 radical (unpaired) electrons. The van der Waals surface area contributed by atoms with Crippen LogP contribution in [0.2, 0.25) is 0 Å². The topological polar surface area (TPSA) is 45.7 Å². The van der Waals surface area contributed by atoms with Crippen molar-refractivity contribution in [2.45, 2.75) is 13.0 Å². The van der Waals surface area contributed by atoms with Gasteiger partial charge in [0, 0.05) is 56.7 Å². The molecule has 1 fully saturated rings. The Bertz CT molecular complexity index is 732. The van der Waals surface area contributed by atoms with Crippen molar-refractivity contribution in [3.63, 3.8) is 0 Å². The Morgan fingerprint density at radius 2 is 1.78 bits per heavy atom. The molecule has 2 aromatic rings. The predicted octanol–water partition coefficient (Wildman–Crippen LogP) is 2.72. The minimum absolute atomic E-state index is 0.0212. The number of amides is 1. The summed E-state index contributed by atoms with van der Waals surface area (Å²) < 4.78 is 32.4. The van der Waals surface area contributed by atoms with Crippen molar-refractivity contribution in [1.29, 1.82) is 0 Å². The van der Waals surface area contributed by atoms with Gasteiger partial charge in [0.1, 0.15) is 11.6 Å². The van der Waals surface area contributed by atoms with Crippen LogP contribution in [0.15, 0.2) is 42.7 Å². The van der Waals surface area contributed by atoms with E-state index in [4.69, 9.17) is 4.74 Å². The van der Waals surface area contributed by atoms with Gasteiger partial charge in [-0.05, 0) is 36.2 Å². The first-order valence-electron chi connectivity index (χ1n) is 9.06. The summed E-state index contributed by atoms with van der Waals surface area (Å²) in [5.74, 6) is -1.89. The van der Waals surface area contributed by atoms with Gasteiger partial charge in [-0.25, -0.2) is 8.78 Å². The van der Waals surface area contributed by atoms with Gasteiger partial charge in [0.25, 0.3) is 5.91 Å². The van der Waals surface area contributed by atoms with Crippen LogP contribution in [0.3, 0.4) is 0 Å². The fourth-order valence-corrected chi connectivity index (χ4v) is 3.13. The van der Waals surface area contributed by atoms with Gasteiger partial charge >= 0.3 is 0 Å². The van der Waals surface area contributed by atoms with E-state index in [1.165, 1.54) is 0 Å². The molecule has 1 amide bonds. The molecular weight excluding hydrogens is 352 g/mol. The molecule has 1 aliphatic heterocycles. The average molecular weight is 375 g/mol. The van der Waals surface area contributed by atoms with E-state index in [-0.39, 0.29) is 11.5 Å². The summed E-state index contributed by atoms with van der Waals surface area (Å²) in [7, 11) is 0. The number of morpholine rings is 1. The van der Waals surface area contributed by atoms with Crippen LogP contribution in [0.4, 0.5) is 8.78 Å². The van der Waals surface area contributed by atoms with E-state index >= 15 is 0 Å². The SMILES string of the molecule is O=C(c1cc(F)cc(F)c1)N(CCCN1CCOCC1)Cc1ccncc1. The van der Waals surface area contributed by atoms with E-state index in [2.05, 4.69) is 9.88 Å². The summed E-state index contributed by atoms with van der Waals surface area (Å²) in [6, 6.07) is 6.57. The van der Waals surface area contributed by atoms with Gasteiger partial charge in [0.05, 0.1) is 13.2 Å². The maximum atomic E-state index is 13.5. The molecule has 1 aromatic carbocycles. The second-order valence-corrected chi connectivity index (χ2v) is 6.55. The Kier molecular flexibility index (Phi) is 6.84. The molecule has 0 spiro atoms. The maximum absolute atomic E-state index is 13.5. The van der Waals surface area contributed by atoms with Crippen LogP contribution >= 0.6 is 0 Å². The molecule has 0 atom stereocenters. The highest BCUT2D eigenvalue weighted by atomic mass is 19.1. The quantitative estimate of drug-likeness (QED) is 0.747. The molecule has 0 unspecified atom stereocenters. The van der Waals surface area contributed by atoms with E-state index in [1.807, 2.05) is 12.1 Å². The Hall–Kier alpha value is -2.38. The highest BCUT2D eigenvalue weighted by Crippen LogP contribution is 2.14. The third-order valence-electron chi connectivity index (χ3n) is 4.53. The van der Waals surface area contributed by atoms with Crippen LogP contribution in [-0.4, -0.2) is 60.1 Å². The lowest BCUT2D eigenvalue weighted by Crippen LogP contribution is -2.39. The number of nitrogens with zero attached hydrogens (tertiary/aromatic N) is 3. The molecule has 0 aliphatic carbocycles. The Labute approximate surface area is 157 Å². The monoisotopic (exact) mass is 375 g/mol. The molecule has 5 nitrogen and oxygen atoms in total. The zero-order chi connectivity index (χ0) is 19.1. The highest BCUT2D eigenvalue weighted by molar-refractivity contribution is 5.94. The van der Waals surface area contributed by atoms with E-state index in [0.717, 1.165) is 63.0 Å². The van der Waals surface area contributed by atoms with Crippen LogP contribution in [0.5, 0.6) is 0 Å². The van der Waals surface area contributed by atoms with Gasteiger partial charge in [-0.3, -0.25) is 14.7 Å². The van der Waals surface area contributed by atoms with Crippen molar-refractivity contribution in [3.8, 4) is 0 Å². The highest BCUT2D eigenvalue weighted by Gasteiger charge is 2.19. The van der Waals surface area contributed by atoms with Gasteiger partial charge in [-0.1, -0.05) is 0 Å². The van der Waals surface area contributed by atoms with Crippen LogP contribution < -0.4 is 0 Å². The number of hydrogen-bond donors (Lipinski definition) is 0. The number of carbonyl (C=O) groups excluding carboxylic acids is 1. The lowest BCUT2D eigenvalue weighted by molar-refractivity contribution is 0.0355. The fraction of sp³-hybridized carbons (Fsp3) is 0.400. The second-order valence-electron chi connectivity index (χ2n) is 6.55. The van der Waals surface area contributed by atoms with Crippen LogP contribution in [0, 0.1) is 11.6 Å². The molecular formula is C20H23F2N3O2. The van der Waals surface area contributed by atoms with Crippen LogP contribution in [0.25, 0.3) is 0 Å². The lowest BCUT2D eigenvalue weighted by atomic mass is 10.1. The zero-order valence-corrected chi connectivity index (χ0v) is 15.1. The number of benzene rings is 1. The molecule has 0 saturated carbocycles. The van der Waals surface area contributed by atoms with Crippen LogP contribution in [-0.2, 0) is 11.3 Å². The van der Waals surface area contributed by atoms with Gasteiger partial charge in [-0.2, -0.15) is 0 Å². The third-order valence-corrected chi connectivity index (χ3v) is 4.53. The molecule has 2 heterocycles. The molecule has 27 heavy (non-hydrogen) atoms. The second kappa shape index (κ2) is 9.53. The van der Waals surface area contributed by atoms with Gasteiger partial charge in [0.15, 0.2) is 0 Å². The standard InChI is InChI=1S/C20H23F2N3O2/c21-18-12-17(13-19(22)14-18)20(26)25(15-16-2-4-23-5-3-16)7-1-6-24-8-10-27-11-9-24/h2-5,12-14H,1,6-11,15H2. The lowest BCUT2D eigenvalue weighted by Gasteiger charge is -2.28. The van der Waals surface area contributed by atoms with Gasteiger partial charge in [-0.15, -0.1) is 0 Å². The summed E-state index contributed by atoms with van der Waals surface area (Å²) in [6.45, 7) is 4.92. The van der Waals surface area contributed by atoms with Crippen molar-refractivity contribution in [2.24, 2.45) is 0 Å². The first kappa shape index (κ1) is 19.4. The van der Waals surface area contributed by atoms with Crippen molar-refractivity contribution in [1.82, 2.24) is 14.8 Å². The minimum Gasteiger partial charge on any atom is -0.379 e. The fourth-order valence-electron chi connectivity index (χ4n) is 3.13. The largest absolute Gasteiger partial charge is 0.379 e. The van der Waals surface area contributed by atoms with Crippen molar-refractivity contribution >= 4 is 5.91 Å². The van der Waals surface area contributed by atoms with E-state index < -0.39 is 11.6 Å². The summed E-state index contributed by atoms with van der Waals surface area (Å²) in [6.07, 6.45) is 4.09. The molecule has 144 valence electrons. The minimum atomic E-state index is -0.754. The Balaban J connectivity index is 1.69. The molecule has 1 aliphatic rings. The number of pyridine rings is 1. The smallest absolute Gasteiger partial charge is 0.254 e. The summed E-state index contributed by atoms with van der Waals surface area (Å²) in [4.78, 5) is 20.8. The molecule has 1 aromatic heterocycles. The number of halogens is 2. The van der Waals surface area contributed by atoms with Gasteiger partial charge < -0.3 is 9.64 Å². The summed E-state index contributed by atoms with van der Waals surface area (Å²) in [5.41, 5.74) is 0.939. The van der Waals surface area contributed by atoms with E-state index in [1.54, 1.807) is 17.3 Å². The summed E-state index contributed by atoms with van der Waals surface area (Å²) >= 11 is 0. The zero-order valence-electron chi connectivity index (χ0n) is 15.1. The van der Waals surface area contributed by atoms with Crippen molar-refractivity contribution < 1.29 is 18.3 Å². The van der Waals surface area contributed by atoms with Crippen molar-refractivity contribution in [2.75, 3.05) is 39.4 Å². The Morgan fingerprint density at radius 1 is 1.11 bits per heavy atom. The first-order chi connectivity index (χ1) is 13.1. The van der Waals surface area contributed by atoms with E-state index in [0.29, 0.717) is 13.1 Å². The third kappa shape index (κ3) is 5.80. The van der Waals surface area contributed by atoms with E-state index in [9.17, 15) is 13.6 Å². The number of aromatic nitrogens is 1. The van der Waals surface area contributed by atoms with Gasteiger partial charge in [0.2, 0.25) is 0 Å². The van der Waals surface area contributed by atoms with Crippen LogP contribution in [0.1, 0.15) is 22.3 Å². The number of rotatable bonds is 7. The molecule has 0 bridgehead atoms. The molecule has 7 heteroatoms. The first-order valence-corrected chi connectivity index (χ1v) is 9.06. The average Bonchev–Trinajstić information content (AvgIpc) is 2.67. The molecule has 1 saturated heterocycles. The van der Waals surface area contributed by atoms with Crippen molar-refractivity contribution in [3.05, 3.63) is 65.5 Å². The Morgan fingerprint density at radius 3 is 2.44 bits per heavy atom. The predicted molar refractivity (Wildman–Crippen MR) is 97.2 cm³/mol. The maximum Gasteiger partial charge on any atom is 0.254 e. The normalized spacial score (nSPS) is 14.9.